The molecule has 2 rings (SSSR count). The van der Waals surface area contributed by atoms with Gasteiger partial charge in [0.2, 0.25) is 0 Å². The molecule has 16 heavy (non-hydrogen) atoms. The normalized spacial score (nSPS) is 29.2. The molecule has 0 aromatic carbocycles. The summed E-state index contributed by atoms with van der Waals surface area (Å²) in [4.78, 5) is 11.4. The molecule has 2 amide bonds. The molecular weight excluding hydrogens is 208 g/mol. The van der Waals surface area contributed by atoms with Crippen LogP contribution in [0.1, 0.15) is 25.7 Å². The molecule has 0 spiro atoms. The van der Waals surface area contributed by atoms with E-state index >= 15 is 0 Å². The van der Waals surface area contributed by atoms with Crippen molar-refractivity contribution in [3.8, 4) is 0 Å². The summed E-state index contributed by atoms with van der Waals surface area (Å²) in [5, 5.41) is 5.64. The van der Waals surface area contributed by atoms with Crippen LogP contribution in [0.25, 0.3) is 0 Å². The standard InChI is InChI=1S/C11H20N2O3/c14-11(12-7-9-3-1-5-15-9)13-8-10-4-2-6-16-10/h9-10H,1-8H2,(H2,12,13,14). The lowest BCUT2D eigenvalue weighted by Crippen LogP contribution is -2.42. The number of hydrogen-bond donors (Lipinski definition) is 2. The average molecular weight is 228 g/mol. The Balaban J connectivity index is 1.53. The van der Waals surface area contributed by atoms with Crippen LogP contribution in [-0.2, 0) is 9.47 Å². The van der Waals surface area contributed by atoms with Gasteiger partial charge in [-0.1, -0.05) is 0 Å². The van der Waals surface area contributed by atoms with Gasteiger partial charge in [0, 0.05) is 26.3 Å². The number of amides is 2. The van der Waals surface area contributed by atoms with Gasteiger partial charge in [0.25, 0.3) is 0 Å². The van der Waals surface area contributed by atoms with E-state index in [-0.39, 0.29) is 18.2 Å². The van der Waals surface area contributed by atoms with E-state index in [1.807, 2.05) is 0 Å². The first-order valence-electron chi connectivity index (χ1n) is 6.09. The highest BCUT2D eigenvalue weighted by Gasteiger charge is 2.18. The zero-order valence-electron chi connectivity index (χ0n) is 9.54. The van der Waals surface area contributed by atoms with E-state index in [1.165, 1.54) is 0 Å². The molecule has 0 aliphatic carbocycles. The Bertz CT molecular complexity index is 201. The quantitative estimate of drug-likeness (QED) is 0.742. The van der Waals surface area contributed by atoms with Crippen LogP contribution >= 0.6 is 0 Å². The van der Waals surface area contributed by atoms with Gasteiger partial charge in [0.1, 0.15) is 0 Å². The maximum atomic E-state index is 11.4. The predicted molar refractivity (Wildman–Crippen MR) is 59.3 cm³/mol. The molecule has 2 unspecified atom stereocenters. The van der Waals surface area contributed by atoms with E-state index in [2.05, 4.69) is 10.6 Å². The van der Waals surface area contributed by atoms with Crippen LogP contribution in [0.3, 0.4) is 0 Å². The lowest BCUT2D eigenvalue weighted by atomic mass is 10.2. The summed E-state index contributed by atoms with van der Waals surface area (Å²) < 4.78 is 10.8. The van der Waals surface area contributed by atoms with Gasteiger partial charge in [0.15, 0.2) is 0 Å². The van der Waals surface area contributed by atoms with E-state index in [0.29, 0.717) is 13.1 Å². The number of nitrogens with one attached hydrogen (secondary N) is 2. The Morgan fingerprint density at radius 2 is 1.50 bits per heavy atom. The van der Waals surface area contributed by atoms with E-state index in [1.54, 1.807) is 0 Å². The molecule has 2 fully saturated rings. The molecule has 2 heterocycles. The van der Waals surface area contributed by atoms with Gasteiger partial charge >= 0.3 is 6.03 Å². The van der Waals surface area contributed by atoms with Gasteiger partial charge in [0.05, 0.1) is 12.2 Å². The Morgan fingerprint density at radius 1 is 1.00 bits per heavy atom. The Kier molecular flexibility index (Phi) is 4.42. The van der Waals surface area contributed by atoms with Crippen molar-refractivity contribution < 1.29 is 14.3 Å². The zero-order chi connectivity index (χ0) is 11.2. The van der Waals surface area contributed by atoms with E-state index in [4.69, 9.17) is 9.47 Å². The number of carbonyl (C=O) groups is 1. The zero-order valence-corrected chi connectivity index (χ0v) is 9.54. The molecule has 2 aliphatic heterocycles. The summed E-state index contributed by atoms with van der Waals surface area (Å²) >= 11 is 0. The second-order valence-corrected chi connectivity index (χ2v) is 4.36. The van der Waals surface area contributed by atoms with Crippen LogP contribution in [0.5, 0.6) is 0 Å². The topological polar surface area (TPSA) is 59.6 Å². The Morgan fingerprint density at radius 3 is 1.88 bits per heavy atom. The third-order valence-corrected chi connectivity index (χ3v) is 3.03. The average Bonchev–Trinajstić information content (AvgIpc) is 2.96. The van der Waals surface area contributed by atoms with Gasteiger partial charge in [-0.05, 0) is 25.7 Å². The van der Waals surface area contributed by atoms with E-state index in [9.17, 15) is 4.79 Å². The van der Waals surface area contributed by atoms with Gasteiger partial charge in [-0.25, -0.2) is 4.79 Å². The number of rotatable bonds is 4. The van der Waals surface area contributed by atoms with Crippen LogP contribution in [0, 0.1) is 0 Å². The lowest BCUT2D eigenvalue weighted by Gasteiger charge is -2.13. The van der Waals surface area contributed by atoms with Crippen molar-refractivity contribution in [2.75, 3.05) is 26.3 Å². The molecule has 0 bridgehead atoms. The lowest BCUT2D eigenvalue weighted by molar-refractivity contribution is 0.106. The molecule has 0 saturated carbocycles. The first kappa shape index (κ1) is 11.7. The third-order valence-electron chi connectivity index (χ3n) is 3.03. The van der Waals surface area contributed by atoms with Crippen LogP contribution < -0.4 is 10.6 Å². The fraction of sp³-hybridized carbons (Fsp3) is 0.909. The van der Waals surface area contributed by atoms with Crippen LogP contribution in [0.15, 0.2) is 0 Å². The highest BCUT2D eigenvalue weighted by molar-refractivity contribution is 5.73. The summed E-state index contributed by atoms with van der Waals surface area (Å²) in [5.41, 5.74) is 0. The van der Waals surface area contributed by atoms with Crippen molar-refractivity contribution in [1.82, 2.24) is 10.6 Å². The monoisotopic (exact) mass is 228 g/mol. The summed E-state index contributed by atoms with van der Waals surface area (Å²) in [6, 6.07) is -0.119. The summed E-state index contributed by atoms with van der Waals surface area (Å²) in [5.74, 6) is 0. The first-order chi connectivity index (χ1) is 7.84. The fourth-order valence-electron chi connectivity index (χ4n) is 2.09. The SMILES string of the molecule is O=C(NCC1CCCO1)NCC1CCCO1. The van der Waals surface area contributed by atoms with Crippen LogP contribution in [0.2, 0.25) is 0 Å². The molecule has 2 saturated heterocycles. The fourth-order valence-corrected chi connectivity index (χ4v) is 2.09. The number of urea groups is 1. The predicted octanol–water partition coefficient (Wildman–Crippen LogP) is 0.644. The number of hydrogen-bond acceptors (Lipinski definition) is 3. The van der Waals surface area contributed by atoms with Crippen LogP contribution in [0.4, 0.5) is 4.79 Å². The van der Waals surface area contributed by atoms with Crippen molar-refractivity contribution in [1.29, 1.82) is 0 Å². The van der Waals surface area contributed by atoms with Crippen molar-refractivity contribution in [3.05, 3.63) is 0 Å². The smallest absolute Gasteiger partial charge is 0.314 e. The molecule has 2 aliphatic rings. The van der Waals surface area contributed by atoms with Crippen molar-refractivity contribution in [3.63, 3.8) is 0 Å². The molecule has 0 aromatic rings. The third kappa shape index (κ3) is 3.64. The summed E-state index contributed by atoms with van der Waals surface area (Å²) in [6.07, 6.45) is 4.70. The molecule has 5 heteroatoms. The van der Waals surface area contributed by atoms with Gasteiger partial charge < -0.3 is 20.1 Å². The second kappa shape index (κ2) is 6.06. The highest BCUT2D eigenvalue weighted by Crippen LogP contribution is 2.11. The molecule has 2 atom stereocenters. The van der Waals surface area contributed by atoms with Crippen LogP contribution in [-0.4, -0.2) is 44.5 Å². The summed E-state index contributed by atoms with van der Waals surface area (Å²) in [6.45, 7) is 2.86. The number of carbonyl (C=O) groups excluding carboxylic acids is 1. The maximum absolute atomic E-state index is 11.4. The van der Waals surface area contributed by atoms with Gasteiger partial charge in [-0.15, -0.1) is 0 Å². The summed E-state index contributed by atoms with van der Waals surface area (Å²) in [7, 11) is 0. The Hall–Kier alpha value is -0.810. The van der Waals surface area contributed by atoms with Crippen molar-refractivity contribution >= 4 is 6.03 Å². The van der Waals surface area contributed by atoms with Crippen molar-refractivity contribution in [2.24, 2.45) is 0 Å². The number of ether oxygens (including phenoxy) is 2. The van der Waals surface area contributed by atoms with E-state index in [0.717, 1.165) is 38.9 Å². The molecule has 2 N–H and O–H groups in total. The molecule has 5 nitrogen and oxygen atoms in total. The first-order valence-corrected chi connectivity index (χ1v) is 6.09. The van der Waals surface area contributed by atoms with Gasteiger partial charge in [-0.3, -0.25) is 0 Å². The molecular formula is C11H20N2O3. The maximum Gasteiger partial charge on any atom is 0.314 e. The Labute approximate surface area is 95.9 Å². The van der Waals surface area contributed by atoms with Crippen molar-refractivity contribution in [2.45, 2.75) is 37.9 Å². The minimum absolute atomic E-state index is 0.119. The highest BCUT2D eigenvalue weighted by atomic mass is 16.5. The minimum Gasteiger partial charge on any atom is -0.376 e. The van der Waals surface area contributed by atoms with E-state index < -0.39 is 0 Å². The second-order valence-electron chi connectivity index (χ2n) is 4.36. The molecule has 92 valence electrons. The molecule has 0 radical (unpaired) electrons. The largest absolute Gasteiger partial charge is 0.376 e. The van der Waals surface area contributed by atoms with Gasteiger partial charge in [-0.2, -0.15) is 0 Å². The minimum atomic E-state index is -0.119. The molecule has 0 aromatic heterocycles.